The van der Waals surface area contributed by atoms with Gasteiger partial charge in [-0.25, -0.2) is 0 Å². The molecule has 1 saturated carbocycles. The molecule has 2 aliphatic rings. The van der Waals surface area contributed by atoms with Crippen molar-refractivity contribution < 1.29 is 19.2 Å². The minimum absolute atomic E-state index is 0.154. The molecular weight excluding hydrogens is 574 g/mol. The smallest absolute Gasteiger partial charge is 0.258 e. The van der Waals surface area contributed by atoms with Crippen LogP contribution >= 0.6 is 0 Å². The molecule has 3 N–H and O–H groups in total. The summed E-state index contributed by atoms with van der Waals surface area (Å²) in [6.45, 7) is 1.98. The highest BCUT2D eigenvalue weighted by molar-refractivity contribution is 6.13. The number of para-hydroxylation sites is 1. The zero-order valence-corrected chi connectivity index (χ0v) is 26.0. The van der Waals surface area contributed by atoms with Gasteiger partial charge < -0.3 is 11.1 Å². The van der Waals surface area contributed by atoms with E-state index in [1.165, 1.54) is 0 Å². The first-order chi connectivity index (χ1) is 22.4. The number of benzene rings is 4. The number of carbonyl (C=O) groups excluding carboxylic acids is 4. The van der Waals surface area contributed by atoms with Gasteiger partial charge in [-0.1, -0.05) is 118 Å². The van der Waals surface area contributed by atoms with Crippen molar-refractivity contribution in [2.45, 2.75) is 51.5 Å². The summed E-state index contributed by atoms with van der Waals surface area (Å²) in [7, 11) is 0. The van der Waals surface area contributed by atoms with Crippen LogP contribution in [-0.2, 0) is 14.4 Å². The lowest BCUT2D eigenvalue weighted by molar-refractivity contribution is -0.136. The Morgan fingerprint density at radius 3 is 2.20 bits per heavy atom. The minimum atomic E-state index is -1.04. The third-order valence-corrected chi connectivity index (χ3v) is 9.46. The number of carbonyl (C=O) groups is 4. The first kappa shape index (κ1) is 31.0. The van der Waals surface area contributed by atoms with Gasteiger partial charge in [-0.15, -0.1) is 0 Å². The SMILES string of the molecule is CCC[C@H](C(N)=O)[C@@H](CC1CCC1)C(=O)NC1C(=O)N(c2cccc(C(=O)c3ccccc3)c2)c2ccccc2-c2ccccc21. The largest absolute Gasteiger partial charge is 0.369 e. The maximum atomic E-state index is 14.8. The highest BCUT2D eigenvalue weighted by atomic mass is 16.2. The predicted molar refractivity (Wildman–Crippen MR) is 179 cm³/mol. The standard InChI is InChI=1S/C39H39N3O4/c1-2-12-32(37(40)44)33(23-25-13-10-14-25)38(45)41-35-31-21-7-6-19-29(31)30-20-8-9-22-34(30)42(39(35)46)28-18-11-17-27(24-28)36(43)26-15-4-3-5-16-26/h3-9,11,15-22,24-25,32-33,35H,2,10,12-14,23H2,1H3,(H2,40,44)(H,41,45)/t32-,33+,35?/m0/s1. The highest BCUT2D eigenvalue weighted by Gasteiger charge is 2.40. The van der Waals surface area contributed by atoms with Crippen molar-refractivity contribution in [2.24, 2.45) is 23.5 Å². The van der Waals surface area contributed by atoms with E-state index in [1.54, 1.807) is 41.3 Å². The van der Waals surface area contributed by atoms with Crippen LogP contribution in [0.25, 0.3) is 11.1 Å². The summed E-state index contributed by atoms with van der Waals surface area (Å²) in [6, 6.07) is 30.2. The van der Waals surface area contributed by atoms with Crippen molar-refractivity contribution in [2.75, 3.05) is 4.90 Å². The fourth-order valence-corrected chi connectivity index (χ4v) is 6.86. The Kier molecular flexibility index (Phi) is 9.11. The summed E-state index contributed by atoms with van der Waals surface area (Å²) in [4.78, 5) is 56.8. The van der Waals surface area contributed by atoms with Crippen molar-refractivity contribution in [1.29, 1.82) is 0 Å². The van der Waals surface area contributed by atoms with Crippen LogP contribution in [0, 0.1) is 17.8 Å². The van der Waals surface area contributed by atoms with Gasteiger partial charge in [0, 0.05) is 34.2 Å². The molecule has 1 fully saturated rings. The molecule has 4 aromatic rings. The van der Waals surface area contributed by atoms with Crippen molar-refractivity contribution in [3.63, 3.8) is 0 Å². The fraction of sp³-hybridized carbons (Fsp3) is 0.282. The van der Waals surface area contributed by atoms with Gasteiger partial charge in [0.1, 0.15) is 6.04 Å². The van der Waals surface area contributed by atoms with Gasteiger partial charge in [0.15, 0.2) is 5.78 Å². The normalized spacial score (nSPS) is 17.1. The van der Waals surface area contributed by atoms with Crippen LogP contribution in [0.4, 0.5) is 11.4 Å². The van der Waals surface area contributed by atoms with Gasteiger partial charge in [0.25, 0.3) is 5.91 Å². The number of fused-ring (bicyclic) bond motifs is 3. The van der Waals surface area contributed by atoms with E-state index in [1.807, 2.05) is 73.7 Å². The molecule has 1 heterocycles. The molecule has 0 bridgehead atoms. The predicted octanol–water partition coefficient (Wildman–Crippen LogP) is 7.13. The lowest BCUT2D eigenvalue weighted by Gasteiger charge is -2.33. The van der Waals surface area contributed by atoms with Crippen LogP contribution in [0.5, 0.6) is 0 Å². The number of nitrogens with one attached hydrogen (secondary N) is 1. The molecule has 1 aliphatic carbocycles. The average molecular weight is 614 g/mol. The molecule has 7 heteroatoms. The van der Waals surface area contributed by atoms with Gasteiger partial charge in [-0.2, -0.15) is 0 Å². The van der Waals surface area contributed by atoms with Gasteiger partial charge in [0.05, 0.1) is 5.69 Å². The van der Waals surface area contributed by atoms with E-state index in [0.29, 0.717) is 53.2 Å². The number of nitrogens with zero attached hydrogens (tertiary/aromatic N) is 1. The molecule has 46 heavy (non-hydrogen) atoms. The lowest BCUT2D eigenvalue weighted by atomic mass is 9.73. The summed E-state index contributed by atoms with van der Waals surface area (Å²) in [5, 5.41) is 3.11. The molecule has 6 rings (SSSR count). The van der Waals surface area contributed by atoms with Crippen LogP contribution in [0.2, 0.25) is 0 Å². The van der Waals surface area contributed by atoms with Crippen molar-refractivity contribution in [3.8, 4) is 11.1 Å². The Balaban J connectivity index is 1.43. The maximum Gasteiger partial charge on any atom is 0.258 e. The van der Waals surface area contributed by atoms with E-state index >= 15 is 0 Å². The molecule has 0 spiro atoms. The second-order valence-corrected chi connectivity index (χ2v) is 12.4. The molecule has 3 atom stereocenters. The van der Waals surface area contributed by atoms with Crippen LogP contribution < -0.4 is 16.0 Å². The molecule has 0 aromatic heterocycles. The van der Waals surface area contributed by atoms with Crippen LogP contribution in [0.3, 0.4) is 0 Å². The van der Waals surface area contributed by atoms with E-state index < -0.39 is 23.8 Å². The maximum absolute atomic E-state index is 14.8. The number of amides is 3. The quantitative estimate of drug-likeness (QED) is 0.175. The summed E-state index contributed by atoms with van der Waals surface area (Å²) in [5.74, 6) is -2.22. The first-order valence-corrected chi connectivity index (χ1v) is 16.2. The van der Waals surface area contributed by atoms with E-state index in [0.717, 1.165) is 30.4 Å². The topological polar surface area (TPSA) is 110 Å². The monoisotopic (exact) mass is 613 g/mol. The zero-order valence-electron chi connectivity index (χ0n) is 26.0. The molecular formula is C39H39N3O4. The average Bonchev–Trinajstić information content (AvgIpc) is 3.16. The van der Waals surface area contributed by atoms with Gasteiger partial charge in [-0.05, 0) is 48.1 Å². The van der Waals surface area contributed by atoms with Crippen LogP contribution in [0.1, 0.15) is 73.0 Å². The van der Waals surface area contributed by atoms with Crippen molar-refractivity contribution >= 4 is 34.9 Å². The zero-order chi connectivity index (χ0) is 32.2. The first-order valence-electron chi connectivity index (χ1n) is 16.2. The Labute approximate surface area is 269 Å². The molecule has 3 amide bonds. The lowest BCUT2D eigenvalue weighted by Crippen LogP contribution is -2.46. The van der Waals surface area contributed by atoms with E-state index in [2.05, 4.69) is 5.32 Å². The Bertz CT molecular complexity index is 1760. The van der Waals surface area contributed by atoms with Gasteiger partial charge in [0.2, 0.25) is 11.8 Å². The Morgan fingerprint density at radius 2 is 1.50 bits per heavy atom. The number of anilines is 2. The highest BCUT2D eigenvalue weighted by Crippen LogP contribution is 2.44. The van der Waals surface area contributed by atoms with Crippen molar-refractivity contribution in [3.05, 3.63) is 120 Å². The molecule has 0 saturated heterocycles. The van der Waals surface area contributed by atoms with Gasteiger partial charge >= 0.3 is 0 Å². The number of hydrogen-bond donors (Lipinski definition) is 2. The van der Waals surface area contributed by atoms with E-state index in [-0.39, 0.29) is 17.6 Å². The van der Waals surface area contributed by atoms with E-state index in [4.69, 9.17) is 5.73 Å². The third kappa shape index (κ3) is 6.10. The molecule has 1 unspecified atom stereocenters. The fourth-order valence-electron chi connectivity index (χ4n) is 6.86. The molecule has 4 aromatic carbocycles. The van der Waals surface area contributed by atoms with E-state index in [9.17, 15) is 19.2 Å². The molecule has 1 aliphatic heterocycles. The molecule has 234 valence electrons. The minimum Gasteiger partial charge on any atom is -0.369 e. The summed E-state index contributed by atoms with van der Waals surface area (Å²) >= 11 is 0. The number of primary amides is 1. The van der Waals surface area contributed by atoms with Gasteiger partial charge in [-0.3, -0.25) is 24.1 Å². The van der Waals surface area contributed by atoms with Crippen molar-refractivity contribution in [1.82, 2.24) is 5.32 Å². The second-order valence-electron chi connectivity index (χ2n) is 12.4. The third-order valence-electron chi connectivity index (χ3n) is 9.46. The van der Waals surface area contributed by atoms with Crippen LogP contribution in [-0.4, -0.2) is 23.5 Å². The molecule has 7 nitrogen and oxygen atoms in total. The Hall–Kier alpha value is -5.04. The summed E-state index contributed by atoms with van der Waals surface area (Å²) in [5.41, 5.74) is 10.3. The number of ketones is 1. The number of rotatable bonds is 11. The second kappa shape index (κ2) is 13.5. The summed E-state index contributed by atoms with van der Waals surface area (Å²) in [6.07, 6.45) is 4.95. The Morgan fingerprint density at radius 1 is 0.826 bits per heavy atom. The van der Waals surface area contributed by atoms with Crippen LogP contribution in [0.15, 0.2) is 103 Å². The number of nitrogens with two attached hydrogens (primary N) is 1. The summed E-state index contributed by atoms with van der Waals surface area (Å²) < 4.78 is 0. The number of hydrogen-bond acceptors (Lipinski definition) is 4. The molecule has 0 radical (unpaired) electrons.